The lowest BCUT2D eigenvalue weighted by Gasteiger charge is -2.63. The molecule has 12 nitrogen and oxygen atoms in total. The molecule has 4 rings (SSSR count). The van der Waals surface area contributed by atoms with E-state index in [1.807, 2.05) is 6.08 Å². The maximum Gasteiger partial charge on any atom is 0.397 e. The average molecular weight is 645 g/mol. The van der Waals surface area contributed by atoms with Crippen molar-refractivity contribution in [1.82, 2.24) is 0 Å². The Morgan fingerprint density at radius 1 is 0.951 bits per heavy atom. The van der Waals surface area contributed by atoms with Crippen LogP contribution in [0.3, 0.4) is 0 Å². The lowest BCUT2D eigenvalue weighted by molar-refractivity contribution is -0.435. The van der Waals surface area contributed by atoms with Gasteiger partial charge in [-0.25, -0.2) is 14.7 Å². The van der Waals surface area contributed by atoms with E-state index in [0.29, 0.717) is 61.7 Å². The van der Waals surface area contributed by atoms with Crippen LogP contribution in [0, 0.1) is 46.3 Å². The van der Waals surface area contributed by atoms with Gasteiger partial charge >= 0.3 is 10.4 Å². The summed E-state index contributed by atoms with van der Waals surface area (Å²) >= 11 is 0.854. The molecule has 0 aromatic heterocycles. The first kappa shape index (κ1) is 33.9. The van der Waals surface area contributed by atoms with E-state index in [-0.39, 0.29) is 23.2 Å². The van der Waals surface area contributed by atoms with Crippen molar-refractivity contribution in [1.29, 1.82) is 0 Å². The summed E-state index contributed by atoms with van der Waals surface area (Å²) in [5, 5.41) is 24.4. The SMILES string of the molecule is C=CCCCC(C)C1CCC2[C@@H]3CC(OS(=O)(=O)O)C4CC(OSOOO)[C@@H](OSOOO)C[C@]4(C)C3CC[C@]12C. The zero-order valence-corrected chi connectivity index (χ0v) is 26.2. The van der Waals surface area contributed by atoms with Crippen LogP contribution in [0.25, 0.3) is 0 Å². The van der Waals surface area contributed by atoms with Gasteiger partial charge in [-0.2, -0.15) is 8.42 Å². The van der Waals surface area contributed by atoms with Gasteiger partial charge in [-0.05, 0) is 104 Å². The van der Waals surface area contributed by atoms with Gasteiger partial charge in [-0.3, -0.25) is 12.9 Å². The molecule has 11 atom stereocenters. The lowest BCUT2D eigenvalue weighted by Crippen LogP contribution is -2.61. The van der Waals surface area contributed by atoms with Gasteiger partial charge < -0.3 is 0 Å². The van der Waals surface area contributed by atoms with Gasteiger partial charge in [0.2, 0.25) is 0 Å². The highest BCUT2D eigenvalue weighted by atomic mass is 32.3. The van der Waals surface area contributed by atoms with Crippen LogP contribution in [0.1, 0.15) is 85.0 Å². The quantitative estimate of drug-likeness (QED) is 0.0427. The van der Waals surface area contributed by atoms with E-state index in [1.165, 1.54) is 6.42 Å². The Balaban J connectivity index is 1.62. The van der Waals surface area contributed by atoms with E-state index >= 15 is 0 Å². The highest BCUT2D eigenvalue weighted by molar-refractivity contribution is 7.90. The maximum atomic E-state index is 12.1. The summed E-state index contributed by atoms with van der Waals surface area (Å²) in [6, 6.07) is 0. The molecule has 4 aliphatic rings. The summed E-state index contributed by atoms with van der Waals surface area (Å²) in [5.41, 5.74) is -0.269. The molecular formula is C26H44O12S3. The van der Waals surface area contributed by atoms with Crippen molar-refractivity contribution >= 4 is 35.0 Å². The van der Waals surface area contributed by atoms with Crippen molar-refractivity contribution in [3.63, 3.8) is 0 Å². The monoisotopic (exact) mass is 644 g/mol. The van der Waals surface area contributed by atoms with E-state index in [2.05, 4.69) is 46.1 Å². The van der Waals surface area contributed by atoms with Crippen molar-refractivity contribution in [2.24, 2.45) is 46.3 Å². The van der Waals surface area contributed by atoms with Crippen LogP contribution in [0.15, 0.2) is 12.7 Å². The molecule has 4 saturated carbocycles. The Labute approximate surface area is 251 Å². The van der Waals surface area contributed by atoms with Crippen LogP contribution >= 0.6 is 24.6 Å². The fourth-order valence-corrected chi connectivity index (χ4v) is 10.9. The molecule has 41 heavy (non-hydrogen) atoms. The molecule has 3 N–H and O–H groups in total. The Bertz CT molecular complexity index is 971. The highest BCUT2D eigenvalue weighted by Gasteiger charge is 2.64. The van der Waals surface area contributed by atoms with Gasteiger partial charge in [0.25, 0.3) is 0 Å². The molecule has 0 aromatic rings. The standard InChI is InChI=1S/C26H44O12S3/c1-5-6-7-8-16(2)18-9-10-19-17-13-22(34-41(29,30)31)21-14-23(32-39-37-35-27)24(33-40-38-36-28)15-26(21,4)20(17)11-12-25(18,19)3/h5,16-24,27-28H,1,6-15H2,2-4H3,(H,29,30,31)/t16?,17-,18?,19?,20?,21?,22?,23?,24-,25+,26+/m0/s1. The Kier molecular flexibility index (Phi) is 11.9. The topological polar surface area (TPSA) is 159 Å². The largest absolute Gasteiger partial charge is 0.397 e. The second-order valence-corrected chi connectivity index (χ2v) is 14.8. The van der Waals surface area contributed by atoms with Crippen LogP contribution in [0.4, 0.5) is 0 Å². The van der Waals surface area contributed by atoms with E-state index in [9.17, 15) is 13.0 Å². The molecule has 0 heterocycles. The highest BCUT2D eigenvalue weighted by Crippen LogP contribution is 2.69. The molecule has 0 aromatic carbocycles. The summed E-state index contributed by atoms with van der Waals surface area (Å²) in [7, 11) is -4.71. The van der Waals surface area contributed by atoms with Crippen molar-refractivity contribution < 1.29 is 54.8 Å². The summed E-state index contributed by atoms with van der Waals surface area (Å²) in [4.78, 5) is 0. The smallest absolute Gasteiger partial charge is 0.283 e. The van der Waals surface area contributed by atoms with E-state index < -0.39 is 34.1 Å². The molecule has 0 amide bonds. The minimum atomic E-state index is -4.71. The molecule has 0 radical (unpaired) electrons. The predicted molar refractivity (Wildman–Crippen MR) is 150 cm³/mol. The maximum absolute atomic E-state index is 12.1. The number of rotatable bonds is 15. The number of hydrogen-bond donors (Lipinski definition) is 3. The molecule has 4 aliphatic carbocycles. The van der Waals surface area contributed by atoms with Crippen molar-refractivity contribution in [3.05, 3.63) is 12.7 Å². The van der Waals surface area contributed by atoms with Crippen LogP contribution in [0.5, 0.6) is 0 Å². The first-order valence-electron chi connectivity index (χ1n) is 14.4. The van der Waals surface area contributed by atoms with Crippen LogP contribution in [-0.4, -0.2) is 41.8 Å². The first-order chi connectivity index (χ1) is 19.5. The summed E-state index contributed by atoms with van der Waals surface area (Å²) in [6.45, 7) is 10.8. The molecular weight excluding hydrogens is 600 g/mol. The zero-order chi connectivity index (χ0) is 29.8. The number of unbranched alkanes of at least 4 members (excludes halogenated alkanes) is 1. The Morgan fingerprint density at radius 3 is 2.24 bits per heavy atom. The third-order valence-corrected chi connectivity index (χ3v) is 12.5. The van der Waals surface area contributed by atoms with Crippen LogP contribution < -0.4 is 0 Å². The van der Waals surface area contributed by atoms with Crippen molar-refractivity contribution in [3.8, 4) is 0 Å². The van der Waals surface area contributed by atoms with Gasteiger partial charge in [0.1, 0.15) is 12.2 Å². The second-order valence-electron chi connectivity index (χ2n) is 12.8. The van der Waals surface area contributed by atoms with Crippen LogP contribution in [-0.2, 0) is 41.7 Å². The lowest BCUT2D eigenvalue weighted by atomic mass is 9.43. The van der Waals surface area contributed by atoms with Gasteiger partial charge in [0, 0.05) is 0 Å². The molecule has 0 aliphatic heterocycles. The molecule has 238 valence electrons. The number of hydrogen-bond acceptors (Lipinski definition) is 13. The van der Waals surface area contributed by atoms with Crippen molar-refractivity contribution in [2.45, 2.75) is 103 Å². The van der Waals surface area contributed by atoms with Gasteiger partial charge in [0.05, 0.1) is 6.10 Å². The van der Waals surface area contributed by atoms with E-state index in [1.54, 1.807) is 0 Å². The second kappa shape index (κ2) is 14.4. The average Bonchev–Trinajstić information content (AvgIpc) is 3.26. The van der Waals surface area contributed by atoms with Crippen LogP contribution in [0.2, 0.25) is 0 Å². The molecule has 0 bridgehead atoms. The Morgan fingerprint density at radius 2 is 1.61 bits per heavy atom. The third-order valence-electron chi connectivity index (χ3n) is 11.1. The molecule has 4 fully saturated rings. The fraction of sp³-hybridized carbons (Fsp3) is 0.923. The first-order valence-corrected chi connectivity index (χ1v) is 17.0. The number of allylic oxidation sites excluding steroid dienone is 1. The summed E-state index contributed by atoms with van der Waals surface area (Å²) in [5.74, 6) is 1.82. The van der Waals surface area contributed by atoms with E-state index in [4.69, 9.17) is 23.1 Å². The van der Waals surface area contributed by atoms with Crippen molar-refractivity contribution in [2.75, 3.05) is 0 Å². The molecule has 15 heteroatoms. The molecule has 0 spiro atoms. The minimum absolute atomic E-state index is 0.150. The predicted octanol–water partition coefficient (Wildman–Crippen LogP) is 6.78. The summed E-state index contributed by atoms with van der Waals surface area (Å²) < 4.78 is 59.7. The van der Waals surface area contributed by atoms with Gasteiger partial charge in [-0.1, -0.05) is 43.3 Å². The molecule has 7 unspecified atom stereocenters. The van der Waals surface area contributed by atoms with Gasteiger partial charge in [-0.15, -0.1) is 15.2 Å². The van der Waals surface area contributed by atoms with E-state index in [0.717, 1.165) is 38.5 Å². The third kappa shape index (κ3) is 7.45. The fourth-order valence-electron chi connectivity index (χ4n) is 9.64. The summed E-state index contributed by atoms with van der Waals surface area (Å²) in [6.07, 6.45) is 8.97. The zero-order valence-electron chi connectivity index (χ0n) is 23.8. The minimum Gasteiger partial charge on any atom is -0.283 e. The Hall–Kier alpha value is -0.0100. The molecule has 0 saturated heterocycles. The number of fused-ring (bicyclic) bond motifs is 5. The normalized spacial score (nSPS) is 41.3. The van der Waals surface area contributed by atoms with Gasteiger partial charge in [0.15, 0.2) is 24.6 Å².